The fourth-order valence-corrected chi connectivity index (χ4v) is 7.41. The molecule has 8 N–H and O–H groups in total. The first-order chi connectivity index (χ1) is 22.8. The third-order valence-corrected chi connectivity index (χ3v) is 9.82. The van der Waals surface area contributed by atoms with Crippen molar-refractivity contribution in [1.82, 2.24) is 30.1 Å². The molecule has 1 fully saturated rings. The molecule has 0 aromatic carbocycles. The largest absolute Gasteiger partial charge is 0.478 e. The number of carbonyl (C=O) groups is 5. The van der Waals surface area contributed by atoms with Gasteiger partial charge >= 0.3 is 29.3 Å². The summed E-state index contributed by atoms with van der Waals surface area (Å²) in [4.78, 5) is 77.2. The van der Waals surface area contributed by atoms with Crippen LogP contribution in [-0.2, 0) is 37.1 Å². The van der Waals surface area contributed by atoms with E-state index in [2.05, 4.69) is 25.8 Å². The summed E-state index contributed by atoms with van der Waals surface area (Å²) in [5.74, 6) is -4.84. The van der Waals surface area contributed by atoms with Crippen molar-refractivity contribution in [2.75, 3.05) is 25.1 Å². The zero-order valence-corrected chi connectivity index (χ0v) is 27.8. The Morgan fingerprint density at radius 2 is 2.04 bits per heavy atom. The molecular weight excluding hydrogens is 692 g/mol. The lowest BCUT2D eigenvalue weighted by Crippen LogP contribution is -2.71. The summed E-state index contributed by atoms with van der Waals surface area (Å²) in [6, 6.07) is 2.36. The first-order valence-electron chi connectivity index (χ1n) is 14.3. The minimum absolute atomic E-state index is 0.000692. The molecule has 0 aliphatic carbocycles. The number of nitrogens with zero attached hydrogens (tertiary/aromatic N) is 6. The highest BCUT2D eigenvalue weighted by Crippen LogP contribution is 2.40. The Morgan fingerprint density at radius 3 is 2.67 bits per heavy atom. The van der Waals surface area contributed by atoms with Gasteiger partial charge < -0.3 is 37.2 Å². The van der Waals surface area contributed by atoms with Crippen LogP contribution in [0.5, 0.6) is 0 Å². The minimum atomic E-state index is -1.43. The Labute approximate surface area is 284 Å². The maximum absolute atomic E-state index is 13.4. The Morgan fingerprint density at radius 1 is 1.29 bits per heavy atom. The maximum atomic E-state index is 13.4. The topological polar surface area (TPSA) is 261 Å². The van der Waals surface area contributed by atoms with Crippen molar-refractivity contribution in [1.29, 1.82) is 0 Å². The number of carbonyl (C=O) groups excluding carboxylic acids is 3. The first kappa shape index (κ1) is 34.5. The normalized spacial score (nSPS) is 18.4. The molecule has 2 aliphatic rings. The number of thiazole rings is 1. The molecule has 1 saturated heterocycles. The molecule has 3 atom stereocenters. The van der Waals surface area contributed by atoms with E-state index in [0.717, 1.165) is 16.2 Å². The van der Waals surface area contributed by atoms with Crippen LogP contribution in [0, 0.1) is 0 Å². The number of anilines is 1. The zero-order chi connectivity index (χ0) is 34.9. The Hall–Kier alpha value is -4.79. The van der Waals surface area contributed by atoms with Crippen LogP contribution in [-0.4, -0.2) is 102 Å². The number of hydrogen-bond acceptors (Lipinski definition) is 13. The van der Waals surface area contributed by atoms with E-state index in [1.807, 2.05) is 7.05 Å². The van der Waals surface area contributed by atoms with Gasteiger partial charge in [0, 0.05) is 17.9 Å². The number of carboxylic acid groups (broad SMARTS) is 2. The molecule has 1 unspecified atom stereocenters. The molecule has 18 nitrogen and oxygen atoms in total. The van der Waals surface area contributed by atoms with Crippen LogP contribution in [0.2, 0.25) is 4.34 Å². The SMILES string of the molecule is CNCCCn1c(C(N)=O)nc2c1ccc[n+]2CC1=C(C(=O)O)N2C(=O)C(NC(=O)/C(=N\O[C@@H](C)C(=O)O)c3nc(N)sc3Cl)[C@H]2SC1. The van der Waals surface area contributed by atoms with E-state index in [9.17, 15) is 29.1 Å². The van der Waals surface area contributed by atoms with Gasteiger partial charge in [-0.2, -0.15) is 0 Å². The van der Waals surface area contributed by atoms with Gasteiger partial charge in [-0.05, 0) is 44.1 Å². The molecule has 0 radical (unpaired) electrons. The van der Waals surface area contributed by atoms with Gasteiger partial charge in [-0.1, -0.05) is 28.1 Å². The number of amides is 3. The number of pyridine rings is 1. The van der Waals surface area contributed by atoms with Crippen molar-refractivity contribution in [3.63, 3.8) is 0 Å². The third-order valence-electron chi connectivity index (χ3n) is 7.40. The fraction of sp³-hybridized carbons (Fsp3) is 0.370. The quantitative estimate of drug-likeness (QED) is 0.0398. The van der Waals surface area contributed by atoms with Crippen molar-refractivity contribution < 1.29 is 43.6 Å². The van der Waals surface area contributed by atoms with Crippen LogP contribution in [0.1, 0.15) is 29.7 Å². The number of fused-ring (bicyclic) bond motifs is 2. The molecule has 5 rings (SSSR count). The van der Waals surface area contributed by atoms with E-state index in [0.29, 0.717) is 36.2 Å². The summed E-state index contributed by atoms with van der Waals surface area (Å²) in [7, 11) is 1.82. The lowest BCUT2D eigenvalue weighted by molar-refractivity contribution is -0.664. The van der Waals surface area contributed by atoms with E-state index in [-0.39, 0.29) is 39.0 Å². The summed E-state index contributed by atoms with van der Waals surface area (Å²) in [6.07, 6.45) is 0.953. The number of primary amides is 1. The summed E-state index contributed by atoms with van der Waals surface area (Å²) in [5.41, 5.74) is 11.8. The number of imidazole rings is 1. The molecule has 3 aromatic rings. The van der Waals surface area contributed by atoms with Crippen LogP contribution >= 0.6 is 34.7 Å². The highest BCUT2D eigenvalue weighted by atomic mass is 35.5. The summed E-state index contributed by atoms with van der Waals surface area (Å²) < 4.78 is 3.37. The highest BCUT2D eigenvalue weighted by molar-refractivity contribution is 8.00. The van der Waals surface area contributed by atoms with E-state index in [4.69, 9.17) is 33.0 Å². The molecule has 0 bridgehead atoms. The van der Waals surface area contributed by atoms with E-state index in [1.54, 1.807) is 27.5 Å². The number of β-lactam (4-membered cyclic amide) rings is 1. The Bertz CT molecular complexity index is 1890. The van der Waals surface area contributed by atoms with Gasteiger partial charge in [0.05, 0.1) is 6.20 Å². The zero-order valence-electron chi connectivity index (χ0n) is 25.4. The summed E-state index contributed by atoms with van der Waals surface area (Å²) in [6.45, 7) is 2.38. The van der Waals surface area contributed by atoms with Crippen LogP contribution in [0.15, 0.2) is 34.8 Å². The van der Waals surface area contributed by atoms with Crippen molar-refractivity contribution in [3.05, 3.63) is 45.5 Å². The predicted octanol–water partition coefficient (Wildman–Crippen LogP) is -0.643. The van der Waals surface area contributed by atoms with Gasteiger partial charge in [0.15, 0.2) is 10.8 Å². The standard InChI is InChI=1S/C27H29ClN10O8S2/c1-11(25(42)43)46-35-15(14-18(28)48-27(30)33-14)22(40)32-16-23(41)38-17(26(44)45)12(10-47-24(16)38)9-36-7-3-5-13-20(36)34-21(19(29)39)37(13)8-4-6-31-2/h3,5,7,11,16,24,31H,4,6,8-10H2,1-2H3,(H6-,29,30,32,33,39,40,42,43,44,45)/p+1/b35-15-/t11-,16?,24+/m0/s1. The Kier molecular flexibility index (Phi) is 10.2. The molecule has 5 heterocycles. The molecule has 48 heavy (non-hydrogen) atoms. The number of aliphatic carboxylic acids is 2. The number of nitrogens with one attached hydrogen (secondary N) is 2. The number of rotatable bonds is 14. The van der Waals surface area contributed by atoms with Gasteiger partial charge in [-0.3, -0.25) is 23.9 Å². The third kappa shape index (κ3) is 6.64. The number of aryl methyl sites for hydroxylation is 1. The van der Waals surface area contributed by atoms with Crippen molar-refractivity contribution in [3.8, 4) is 0 Å². The first-order valence-corrected chi connectivity index (χ1v) is 16.5. The predicted molar refractivity (Wildman–Crippen MR) is 173 cm³/mol. The monoisotopic (exact) mass is 721 g/mol. The number of nitrogens with two attached hydrogens (primary N) is 2. The van der Waals surface area contributed by atoms with Crippen LogP contribution in [0.25, 0.3) is 11.2 Å². The molecule has 0 spiro atoms. The van der Waals surface area contributed by atoms with Crippen LogP contribution in [0.3, 0.4) is 0 Å². The van der Waals surface area contributed by atoms with Crippen LogP contribution < -0.4 is 26.7 Å². The number of aromatic nitrogens is 4. The molecular formula is C27H30ClN10O8S2+. The van der Waals surface area contributed by atoms with E-state index < -0.39 is 52.9 Å². The summed E-state index contributed by atoms with van der Waals surface area (Å²) >= 11 is 8.24. The number of oxime groups is 1. The average Bonchev–Trinajstić information content (AvgIpc) is 3.58. The number of hydrogen-bond donors (Lipinski definition) is 6. The van der Waals surface area contributed by atoms with Gasteiger partial charge in [0.1, 0.15) is 39.2 Å². The maximum Gasteiger partial charge on any atom is 0.352 e. The lowest BCUT2D eigenvalue weighted by atomic mass is 10.0. The van der Waals surface area contributed by atoms with Crippen molar-refractivity contribution >= 4 is 86.4 Å². The van der Waals surface area contributed by atoms with Gasteiger partial charge in [0.25, 0.3) is 11.8 Å². The minimum Gasteiger partial charge on any atom is -0.478 e. The van der Waals surface area contributed by atoms with Crippen LogP contribution in [0.4, 0.5) is 5.13 Å². The number of nitrogen functional groups attached to an aromatic ring is 1. The number of halogens is 1. The van der Waals surface area contributed by atoms with Crippen molar-refractivity contribution in [2.24, 2.45) is 10.9 Å². The fourth-order valence-electron chi connectivity index (χ4n) is 5.15. The molecule has 3 aromatic heterocycles. The van der Waals surface area contributed by atoms with Gasteiger partial charge in [0.2, 0.25) is 6.10 Å². The highest BCUT2D eigenvalue weighted by Gasteiger charge is 2.54. The summed E-state index contributed by atoms with van der Waals surface area (Å²) in [5, 5.41) is 27.8. The smallest absolute Gasteiger partial charge is 0.352 e. The number of carboxylic acids is 2. The average molecular weight is 722 g/mol. The number of thioether (sulfide) groups is 1. The van der Waals surface area contributed by atoms with E-state index >= 15 is 0 Å². The lowest BCUT2D eigenvalue weighted by Gasteiger charge is -2.49. The van der Waals surface area contributed by atoms with Gasteiger partial charge in [-0.25, -0.2) is 19.1 Å². The van der Waals surface area contributed by atoms with Gasteiger partial charge in [-0.15, -0.1) is 11.8 Å². The van der Waals surface area contributed by atoms with E-state index in [1.165, 1.54) is 18.7 Å². The molecule has 21 heteroatoms. The van der Waals surface area contributed by atoms with Crippen molar-refractivity contribution in [2.45, 2.75) is 44.0 Å². The molecule has 2 aliphatic heterocycles. The molecule has 0 saturated carbocycles. The second kappa shape index (κ2) is 14.1. The Balaban J connectivity index is 1.41. The second-order valence-corrected chi connectivity index (χ2v) is 13.3. The second-order valence-electron chi connectivity index (χ2n) is 10.6. The molecule has 254 valence electrons. The molecule has 3 amide bonds.